The summed E-state index contributed by atoms with van der Waals surface area (Å²) in [5.41, 5.74) is 1.02. The number of rotatable bonds is 2. The highest BCUT2D eigenvalue weighted by Gasteiger charge is 2.17. The molecular formula is C13H7BrClF2N3. The van der Waals surface area contributed by atoms with Crippen molar-refractivity contribution in [2.75, 3.05) is 0 Å². The molecule has 3 rings (SSSR count). The minimum Gasteiger partial charge on any atom is -0.277 e. The van der Waals surface area contributed by atoms with Crippen LogP contribution in [0.1, 0.15) is 5.82 Å². The third-order valence-electron chi connectivity index (χ3n) is 2.82. The molecule has 3 nitrogen and oxygen atoms in total. The largest absolute Gasteiger partial charge is 0.277 e. The molecule has 0 unspecified atom stereocenters. The standard InChI is InChI=1S/C13H7BrClF2N3/c14-7-4-9-13(18-6-7)20(11(5-15)19-9)10-3-1-2-8(16)12(10)17/h1-4,6H,5H2. The molecule has 0 saturated carbocycles. The third kappa shape index (κ3) is 2.09. The van der Waals surface area contributed by atoms with Gasteiger partial charge in [0.15, 0.2) is 17.3 Å². The molecule has 0 aliphatic rings. The molecule has 3 aromatic rings. The van der Waals surface area contributed by atoms with Crippen LogP contribution in [0.25, 0.3) is 16.9 Å². The Kier molecular flexibility index (Phi) is 3.43. The number of alkyl halides is 1. The molecule has 0 bridgehead atoms. The number of hydrogen-bond acceptors (Lipinski definition) is 2. The summed E-state index contributed by atoms with van der Waals surface area (Å²) in [7, 11) is 0. The zero-order valence-corrected chi connectivity index (χ0v) is 12.3. The first-order valence-electron chi connectivity index (χ1n) is 5.65. The average Bonchev–Trinajstić information content (AvgIpc) is 2.79. The Morgan fingerprint density at radius 3 is 2.85 bits per heavy atom. The van der Waals surface area contributed by atoms with E-state index in [1.807, 2.05) is 0 Å². The van der Waals surface area contributed by atoms with Gasteiger partial charge in [0, 0.05) is 10.7 Å². The van der Waals surface area contributed by atoms with Crippen LogP contribution in [0.2, 0.25) is 0 Å². The van der Waals surface area contributed by atoms with Crippen LogP contribution >= 0.6 is 27.5 Å². The van der Waals surface area contributed by atoms with Crippen molar-refractivity contribution in [3.05, 3.63) is 52.4 Å². The fourth-order valence-corrected chi connectivity index (χ4v) is 2.49. The summed E-state index contributed by atoms with van der Waals surface area (Å²) in [6, 6.07) is 5.68. The molecule has 0 aliphatic heterocycles. The van der Waals surface area contributed by atoms with Gasteiger partial charge in [-0.15, -0.1) is 11.6 Å². The third-order valence-corrected chi connectivity index (χ3v) is 3.50. The van der Waals surface area contributed by atoms with E-state index in [1.165, 1.54) is 16.7 Å². The Balaban J connectivity index is 2.37. The summed E-state index contributed by atoms with van der Waals surface area (Å²) in [5.74, 6) is -1.43. The Bertz CT molecular complexity index is 804. The van der Waals surface area contributed by atoms with Gasteiger partial charge in [-0.25, -0.2) is 18.7 Å². The van der Waals surface area contributed by atoms with Gasteiger partial charge in [-0.3, -0.25) is 4.57 Å². The van der Waals surface area contributed by atoms with Gasteiger partial charge >= 0.3 is 0 Å². The van der Waals surface area contributed by atoms with E-state index < -0.39 is 11.6 Å². The van der Waals surface area contributed by atoms with E-state index in [1.54, 1.807) is 12.3 Å². The van der Waals surface area contributed by atoms with Crippen LogP contribution in [0.4, 0.5) is 8.78 Å². The zero-order valence-electron chi connectivity index (χ0n) is 9.95. The minimum atomic E-state index is -0.956. The molecule has 0 spiro atoms. The molecule has 2 aromatic heterocycles. The normalized spacial score (nSPS) is 11.2. The molecule has 2 heterocycles. The van der Waals surface area contributed by atoms with Crippen molar-refractivity contribution in [3.8, 4) is 5.69 Å². The molecule has 0 aliphatic carbocycles. The fraction of sp³-hybridized carbons (Fsp3) is 0.0769. The Morgan fingerprint density at radius 2 is 2.10 bits per heavy atom. The Morgan fingerprint density at radius 1 is 1.30 bits per heavy atom. The van der Waals surface area contributed by atoms with E-state index in [9.17, 15) is 8.78 Å². The van der Waals surface area contributed by atoms with Crippen molar-refractivity contribution in [1.82, 2.24) is 14.5 Å². The molecule has 0 amide bonds. The topological polar surface area (TPSA) is 30.7 Å². The molecule has 0 atom stereocenters. The molecule has 0 saturated heterocycles. The maximum Gasteiger partial charge on any atom is 0.182 e. The molecule has 20 heavy (non-hydrogen) atoms. The second-order valence-electron chi connectivity index (χ2n) is 4.07. The SMILES string of the molecule is Fc1cccc(-n2c(CCl)nc3cc(Br)cnc32)c1F. The number of benzene rings is 1. The first-order chi connectivity index (χ1) is 9.61. The van der Waals surface area contributed by atoms with Crippen molar-refractivity contribution in [2.45, 2.75) is 5.88 Å². The predicted molar refractivity (Wildman–Crippen MR) is 76.0 cm³/mol. The molecule has 0 fully saturated rings. The maximum atomic E-state index is 14.0. The van der Waals surface area contributed by atoms with Crippen LogP contribution in [-0.4, -0.2) is 14.5 Å². The van der Waals surface area contributed by atoms with E-state index in [2.05, 4.69) is 25.9 Å². The van der Waals surface area contributed by atoms with Gasteiger partial charge < -0.3 is 0 Å². The number of pyridine rings is 1. The van der Waals surface area contributed by atoms with E-state index >= 15 is 0 Å². The Labute approximate surface area is 126 Å². The summed E-state index contributed by atoms with van der Waals surface area (Å²) < 4.78 is 29.6. The lowest BCUT2D eigenvalue weighted by molar-refractivity contribution is 0.504. The van der Waals surface area contributed by atoms with E-state index in [4.69, 9.17) is 11.6 Å². The summed E-state index contributed by atoms with van der Waals surface area (Å²) in [6.45, 7) is 0. The first-order valence-corrected chi connectivity index (χ1v) is 6.98. The van der Waals surface area contributed by atoms with Crippen molar-refractivity contribution < 1.29 is 8.78 Å². The van der Waals surface area contributed by atoms with Crippen LogP contribution in [-0.2, 0) is 5.88 Å². The highest BCUT2D eigenvalue weighted by Crippen LogP contribution is 2.25. The van der Waals surface area contributed by atoms with Crippen LogP contribution < -0.4 is 0 Å². The predicted octanol–water partition coefficient (Wildman–Crippen LogP) is 4.20. The van der Waals surface area contributed by atoms with E-state index in [0.29, 0.717) is 17.0 Å². The summed E-state index contributed by atoms with van der Waals surface area (Å²) >= 11 is 9.14. The van der Waals surface area contributed by atoms with E-state index in [-0.39, 0.29) is 11.6 Å². The lowest BCUT2D eigenvalue weighted by Crippen LogP contribution is -2.04. The number of nitrogens with zero attached hydrogens (tertiary/aromatic N) is 3. The van der Waals surface area contributed by atoms with Crippen LogP contribution in [0.3, 0.4) is 0 Å². The van der Waals surface area contributed by atoms with Gasteiger partial charge in [0.05, 0.1) is 11.6 Å². The fourth-order valence-electron chi connectivity index (χ4n) is 2.00. The van der Waals surface area contributed by atoms with Crippen molar-refractivity contribution in [2.24, 2.45) is 0 Å². The molecule has 0 N–H and O–H groups in total. The van der Waals surface area contributed by atoms with Gasteiger partial charge in [0.25, 0.3) is 0 Å². The van der Waals surface area contributed by atoms with Crippen LogP contribution in [0, 0.1) is 11.6 Å². The second-order valence-corrected chi connectivity index (χ2v) is 5.25. The zero-order chi connectivity index (χ0) is 14.3. The lowest BCUT2D eigenvalue weighted by Gasteiger charge is -2.08. The highest BCUT2D eigenvalue weighted by atomic mass is 79.9. The van der Waals surface area contributed by atoms with E-state index in [0.717, 1.165) is 10.5 Å². The summed E-state index contributed by atoms with van der Waals surface area (Å²) in [5, 5.41) is 0. The molecule has 102 valence electrons. The quantitative estimate of drug-likeness (QED) is 0.643. The lowest BCUT2D eigenvalue weighted by atomic mass is 10.3. The van der Waals surface area contributed by atoms with Crippen molar-refractivity contribution in [3.63, 3.8) is 0 Å². The van der Waals surface area contributed by atoms with Gasteiger partial charge in [0.2, 0.25) is 0 Å². The van der Waals surface area contributed by atoms with Gasteiger partial charge in [0.1, 0.15) is 11.3 Å². The molecule has 7 heteroatoms. The first kappa shape index (κ1) is 13.5. The van der Waals surface area contributed by atoms with Gasteiger partial charge in [-0.05, 0) is 34.1 Å². The Hall–Kier alpha value is -1.53. The van der Waals surface area contributed by atoms with Crippen molar-refractivity contribution in [1.29, 1.82) is 0 Å². The number of hydrogen-bond donors (Lipinski definition) is 0. The number of fused-ring (bicyclic) bond motifs is 1. The monoisotopic (exact) mass is 357 g/mol. The van der Waals surface area contributed by atoms with Gasteiger partial charge in [-0.2, -0.15) is 0 Å². The van der Waals surface area contributed by atoms with Crippen LogP contribution in [0.5, 0.6) is 0 Å². The smallest absolute Gasteiger partial charge is 0.182 e. The maximum absolute atomic E-state index is 14.0. The molecular weight excluding hydrogens is 352 g/mol. The van der Waals surface area contributed by atoms with Crippen LogP contribution in [0.15, 0.2) is 34.9 Å². The number of halogens is 4. The minimum absolute atomic E-state index is 0.0398. The second kappa shape index (κ2) is 5.10. The average molecular weight is 359 g/mol. The summed E-state index contributed by atoms with van der Waals surface area (Å²) in [4.78, 5) is 8.49. The molecule has 1 aromatic carbocycles. The van der Waals surface area contributed by atoms with Crippen molar-refractivity contribution >= 4 is 38.7 Å². The van der Waals surface area contributed by atoms with Gasteiger partial charge in [-0.1, -0.05) is 6.07 Å². The molecule has 0 radical (unpaired) electrons. The number of imidazole rings is 1. The summed E-state index contributed by atoms with van der Waals surface area (Å²) in [6.07, 6.45) is 1.57. The highest BCUT2D eigenvalue weighted by molar-refractivity contribution is 9.10. The number of aromatic nitrogens is 3.